The third kappa shape index (κ3) is 6.98. The second-order valence-corrected chi connectivity index (χ2v) is 11.9. The van der Waals surface area contributed by atoms with Crippen LogP contribution in [0, 0.1) is 5.82 Å². The van der Waals surface area contributed by atoms with E-state index in [1.165, 1.54) is 24.3 Å². The number of piperazine rings is 1. The summed E-state index contributed by atoms with van der Waals surface area (Å²) in [5, 5.41) is 4.56. The standard InChI is InChI=1S/C26H25ClFN5O3S2.ClH/c27-22-2-1-3-23-24(22)30-26(37-23)33-16-14-32(15-17-33)13-12-29-25(34)18-4-8-20(9-5-18)31-38(35,36)21-10-6-19(28)7-11-21;/h1-11,31H,12-17H2,(H,29,34);1H. The van der Waals surface area contributed by atoms with Crippen LogP contribution in [0.1, 0.15) is 10.4 Å². The zero-order valence-electron chi connectivity index (χ0n) is 20.6. The Morgan fingerprint density at radius 2 is 1.69 bits per heavy atom. The number of carbonyl (C=O) groups excluding carboxylic acids is 1. The van der Waals surface area contributed by atoms with Crippen LogP contribution in [0.15, 0.2) is 71.6 Å². The molecule has 0 aliphatic carbocycles. The van der Waals surface area contributed by atoms with Crippen molar-refractivity contribution >= 4 is 72.3 Å². The maximum absolute atomic E-state index is 13.1. The number of hydrogen-bond acceptors (Lipinski definition) is 7. The number of aromatic nitrogens is 1. The molecule has 1 aromatic heterocycles. The fourth-order valence-corrected chi connectivity index (χ4v) is 6.52. The lowest BCUT2D eigenvalue weighted by atomic mass is 10.2. The quantitative estimate of drug-likeness (QED) is 0.296. The average Bonchev–Trinajstić information content (AvgIpc) is 3.35. The lowest BCUT2D eigenvalue weighted by Crippen LogP contribution is -2.48. The summed E-state index contributed by atoms with van der Waals surface area (Å²) < 4.78 is 41.5. The molecule has 0 atom stereocenters. The Kier molecular flexibility index (Phi) is 9.29. The molecule has 1 amide bonds. The zero-order chi connectivity index (χ0) is 26.7. The Bertz CT molecular complexity index is 1540. The Morgan fingerprint density at radius 3 is 2.36 bits per heavy atom. The SMILES string of the molecule is Cl.O=C(NCCN1CCN(c2nc3c(Cl)cccc3s2)CC1)c1ccc(NS(=O)(=O)c2ccc(F)cc2)cc1. The number of nitrogens with zero attached hydrogens (tertiary/aromatic N) is 3. The van der Waals surface area contributed by atoms with Gasteiger partial charge in [-0.05, 0) is 60.7 Å². The normalized spacial score (nSPS) is 14.2. The number of fused-ring (bicyclic) bond motifs is 1. The number of benzene rings is 3. The molecule has 2 heterocycles. The highest BCUT2D eigenvalue weighted by atomic mass is 35.5. The van der Waals surface area contributed by atoms with Gasteiger partial charge in [0.15, 0.2) is 5.13 Å². The number of anilines is 2. The van der Waals surface area contributed by atoms with E-state index in [2.05, 4.69) is 19.8 Å². The van der Waals surface area contributed by atoms with Crippen LogP contribution in [0.4, 0.5) is 15.2 Å². The monoisotopic (exact) mass is 609 g/mol. The third-order valence-electron chi connectivity index (χ3n) is 6.24. The summed E-state index contributed by atoms with van der Waals surface area (Å²) in [5.74, 6) is -0.750. The molecule has 0 unspecified atom stereocenters. The number of hydrogen-bond donors (Lipinski definition) is 2. The summed E-state index contributed by atoms with van der Waals surface area (Å²) in [4.78, 5) is 21.8. The van der Waals surface area contributed by atoms with E-state index >= 15 is 0 Å². The van der Waals surface area contributed by atoms with Crippen LogP contribution in [0.25, 0.3) is 10.2 Å². The predicted octanol–water partition coefficient (Wildman–Crippen LogP) is 4.86. The summed E-state index contributed by atoms with van der Waals surface area (Å²) in [6.45, 7) is 4.64. The molecule has 2 N–H and O–H groups in total. The number of carbonyl (C=O) groups is 1. The van der Waals surface area contributed by atoms with Crippen LogP contribution < -0.4 is 14.9 Å². The fourth-order valence-electron chi connectivity index (χ4n) is 4.15. The van der Waals surface area contributed by atoms with Gasteiger partial charge in [-0.25, -0.2) is 17.8 Å². The van der Waals surface area contributed by atoms with Gasteiger partial charge in [0.1, 0.15) is 11.3 Å². The summed E-state index contributed by atoms with van der Waals surface area (Å²) in [7, 11) is -3.86. The lowest BCUT2D eigenvalue weighted by molar-refractivity contribution is 0.0948. The van der Waals surface area contributed by atoms with Crippen molar-refractivity contribution in [3.63, 3.8) is 0 Å². The molecule has 13 heteroatoms. The van der Waals surface area contributed by atoms with Gasteiger partial charge in [0, 0.05) is 50.5 Å². The third-order valence-corrected chi connectivity index (χ3v) is 9.02. The molecule has 39 heavy (non-hydrogen) atoms. The molecule has 1 aliphatic rings. The minimum absolute atomic E-state index is 0. The van der Waals surface area contributed by atoms with Crippen molar-refractivity contribution < 1.29 is 17.6 Å². The van der Waals surface area contributed by atoms with Crippen LogP contribution in [0.2, 0.25) is 5.02 Å². The Morgan fingerprint density at radius 1 is 1.00 bits per heavy atom. The number of amides is 1. The number of rotatable bonds is 8. The minimum Gasteiger partial charge on any atom is -0.351 e. The van der Waals surface area contributed by atoms with E-state index in [0.717, 1.165) is 60.2 Å². The van der Waals surface area contributed by atoms with Gasteiger partial charge in [-0.3, -0.25) is 14.4 Å². The smallest absolute Gasteiger partial charge is 0.261 e. The van der Waals surface area contributed by atoms with Crippen molar-refractivity contribution in [2.75, 3.05) is 48.9 Å². The molecule has 0 radical (unpaired) electrons. The van der Waals surface area contributed by atoms with Crippen molar-refractivity contribution in [1.29, 1.82) is 0 Å². The Hall–Kier alpha value is -2.96. The first-order valence-corrected chi connectivity index (χ1v) is 14.7. The van der Waals surface area contributed by atoms with Crippen molar-refractivity contribution in [3.05, 3.63) is 83.1 Å². The number of sulfonamides is 1. The Labute approximate surface area is 241 Å². The van der Waals surface area contributed by atoms with Crippen LogP contribution in [-0.2, 0) is 10.0 Å². The van der Waals surface area contributed by atoms with E-state index in [1.54, 1.807) is 23.5 Å². The molecule has 0 saturated carbocycles. The van der Waals surface area contributed by atoms with Gasteiger partial charge in [0.25, 0.3) is 15.9 Å². The summed E-state index contributed by atoms with van der Waals surface area (Å²) in [5.41, 5.74) is 1.57. The molecule has 3 aromatic carbocycles. The predicted molar refractivity (Wildman–Crippen MR) is 157 cm³/mol. The van der Waals surface area contributed by atoms with Gasteiger partial charge in [-0.2, -0.15) is 0 Å². The van der Waals surface area contributed by atoms with Crippen molar-refractivity contribution in [3.8, 4) is 0 Å². The second kappa shape index (κ2) is 12.5. The first kappa shape index (κ1) is 29.0. The molecule has 4 aromatic rings. The molecular formula is C26H26Cl2FN5O3S2. The van der Waals surface area contributed by atoms with Gasteiger partial charge in [-0.1, -0.05) is 29.0 Å². The largest absolute Gasteiger partial charge is 0.351 e. The van der Waals surface area contributed by atoms with E-state index in [4.69, 9.17) is 16.6 Å². The molecule has 206 valence electrons. The summed E-state index contributed by atoms with van der Waals surface area (Å²) >= 11 is 7.91. The van der Waals surface area contributed by atoms with Crippen molar-refractivity contribution in [2.24, 2.45) is 0 Å². The van der Waals surface area contributed by atoms with Gasteiger partial charge >= 0.3 is 0 Å². The maximum atomic E-state index is 13.1. The molecular weight excluding hydrogens is 584 g/mol. The van der Waals surface area contributed by atoms with E-state index in [-0.39, 0.29) is 23.2 Å². The van der Waals surface area contributed by atoms with E-state index in [1.807, 2.05) is 18.2 Å². The topological polar surface area (TPSA) is 94.6 Å². The van der Waals surface area contributed by atoms with Gasteiger partial charge in [0.05, 0.1) is 14.6 Å². The Balaban J connectivity index is 0.00000353. The highest BCUT2D eigenvalue weighted by Crippen LogP contribution is 2.33. The van der Waals surface area contributed by atoms with Crippen LogP contribution >= 0.6 is 35.3 Å². The van der Waals surface area contributed by atoms with E-state index in [0.29, 0.717) is 22.8 Å². The average molecular weight is 611 g/mol. The molecule has 1 saturated heterocycles. The van der Waals surface area contributed by atoms with Gasteiger partial charge in [0.2, 0.25) is 0 Å². The lowest BCUT2D eigenvalue weighted by Gasteiger charge is -2.34. The fraction of sp³-hybridized carbons (Fsp3) is 0.231. The van der Waals surface area contributed by atoms with Crippen LogP contribution in [-0.4, -0.2) is 63.5 Å². The molecule has 1 fully saturated rings. The number of para-hydroxylation sites is 1. The van der Waals surface area contributed by atoms with E-state index in [9.17, 15) is 17.6 Å². The molecule has 5 rings (SSSR count). The first-order valence-electron chi connectivity index (χ1n) is 12.0. The molecule has 0 bridgehead atoms. The second-order valence-electron chi connectivity index (χ2n) is 8.80. The van der Waals surface area contributed by atoms with Crippen LogP contribution in [0.3, 0.4) is 0 Å². The highest BCUT2D eigenvalue weighted by molar-refractivity contribution is 7.92. The van der Waals surface area contributed by atoms with Gasteiger partial charge in [-0.15, -0.1) is 12.4 Å². The zero-order valence-corrected chi connectivity index (χ0v) is 23.8. The minimum atomic E-state index is -3.86. The molecule has 8 nitrogen and oxygen atoms in total. The number of thiazole rings is 1. The van der Waals surface area contributed by atoms with Crippen molar-refractivity contribution in [1.82, 2.24) is 15.2 Å². The summed E-state index contributed by atoms with van der Waals surface area (Å²) in [6, 6.07) is 16.5. The number of halogens is 3. The first-order chi connectivity index (χ1) is 18.3. The van der Waals surface area contributed by atoms with Crippen molar-refractivity contribution in [2.45, 2.75) is 4.90 Å². The maximum Gasteiger partial charge on any atom is 0.261 e. The van der Waals surface area contributed by atoms with Gasteiger partial charge < -0.3 is 10.2 Å². The number of nitrogens with one attached hydrogen (secondary N) is 2. The van der Waals surface area contributed by atoms with Crippen LogP contribution in [0.5, 0.6) is 0 Å². The molecule has 0 spiro atoms. The molecule has 1 aliphatic heterocycles. The highest BCUT2D eigenvalue weighted by Gasteiger charge is 2.20. The van der Waals surface area contributed by atoms with E-state index < -0.39 is 15.8 Å². The summed E-state index contributed by atoms with van der Waals surface area (Å²) in [6.07, 6.45) is 0.